The molecule has 1 aromatic rings. The molecule has 1 aliphatic carbocycles. The molecule has 0 heterocycles. The Balaban J connectivity index is 2.57. The van der Waals surface area contributed by atoms with Gasteiger partial charge in [-0.15, -0.1) is 0 Å². The van der Waals surface area contributed by atoms with E-state index in [-0.39, 0.29) is 0 Å². The molecule has 1 aromatic carbocycles. The molecule has 0 amide bonds. The number of fused-ring (bicyclic) bond motifs is 1. The van der Waals surface area contributed by atoms with E-state index in [0.29, 0.717) is 5.92 Å². The van der Waals surface area contributed by atoms with E-state index in [2.05, 4.69) is 19.1 Å². The van der Waals surface area contributed by atoms with Crippen molar-refractivity contribution in [1.29, 1.82) is 0 Å². The lowest BCUT2D eigenvalue weighted by Gasteiger charge is -2.07. The van der Waals surface area contributed by atoms with Gasteiger partial charge in [-0.05, 0) is 48.4 Å². The highest BCUT2D eigenvalue weighted by Crippen LogP contribution is 2.33. The molecule has 1 atom stereocenters. The molecule has 68 valence electrons. The maximum Gasteiger partial charge on any atom is 0.150 e. The number of rotatable bonds is 1. The molecule has 1 unspecified atom stereocenters. The molecule has 13 heavy (non-hydrogen) atoms. The monoisotopic (exact) mass is 174 g/mol. The van der Waals surface area contributed by atoms with Crippen molar-refractivity contribution in [2.45, 2.75) is 32.6 Å². The van der Waals surface area contributed by atoms with Gasteiger partial charge in [0.05, 0.1) is 0 Å². The van der Waals surface area contributed by atoms with Gasteiger partial charge in [0.2, 0.25) is 0 Å². The van der Waals surface area contributed by atoms with Crippen LogP contribution in [-0.2, 0) is 6.42 Å². The van der Waals surface area contributed by atoms with Crippen LogP contribution in [0, 0.1) is 6.92 Å². The highest BCUT2D eigenvalue weighted by molar-refractivity contribution is 5.78. The largest absolute Gasteiger partial charge is 0.298 e. The van der Waals surface area contributed by atoms with Gasteiger partial charge in [-0.1, -0.05) is 13.0 Å². The summed E-state index contributed by atoms with van der Waals surface area (Å²) in [4.78, 5) is 10.7. The van der Waals surface area contributed by atoms with E-state index < -0.39 is 0 Å². The molecule has 2 rings (SSSR count). The molecule has 1 heteroatoms. The summed E-state index contributed by atoms with van der Waals surface area (Å²) in [5, 5.41) is 0. The summed E-state index contributed by atoms with van der Waals surface area (Å²) in [6, 6.07) is 4.23. The van der Waals surface area contributed by atoms with Gasteiger partial charge in [0.1, 0.15) is 6.29 Å². The number of carbonyl (C=O) groups excluding carboxylic acids is 1. The summed E-state index contributed by atoms with van der Waals surface area (Å²) >= 11 is 0. The van der Waals surface area contributed by atoms with E-state index in [1.54, 1.807) is 0 Å². The van der Waals surface area contributed by atoms with Gasteiger partial charge in [0.15, 0.2) is 0 Å². The summed E-state index contributed by atoms with van der Waals surface area (Å²) in [6.07, 6.45) is 3.37. The minimum Gasteiger partial charge on any atom is -0.298 e. The minimum atomic E-state index is 0.634. The van der Waals surface area contributed by atoms with Crippen LogP contribution in [0.1, 0.15) is 46.3 Å². The quantitative estimate of drug-likeness (QED) is 0.598. The number of aryl methyl sites for hydroxylation is 2. The van der Waals surface area contributed by atoms with Crippen molar-refractivity contribution in [2.75, 3.05) is 0 Å². The Kier molecular flexibility index (Phi) is 1.95. The van der Waals surface area contributed by atoms with E-state index in [9.17, 15) is 4.79 Å². The second-order valence-corrected chi connectivity index (χ2v) is 3.97. The first kappa shape index (κ1) is 8.49. The lowest BCUT2D eigenvalue weighted by molar-refractivity contribution is 0.112. The standard InChI is InChI=1S/C12H14O/c1-8-3-4-10-5-9(2)11(7-13)6-12(8)10/h5-8H,3-4H2,1-2H3. The fourth-order valence-electron chi connectivity index (χ4n) is 2.13. The van der Waals surface area contributed by atoms with Crippen LogP contribution in [0.25, 0.3) is 0 Å². The third-order valence-corrected chi connectivity index (χ3v) is 3.03. The SMILES string of the molecule is Cc1cc2c(cc1C=O)C(C)CC2. The van der Waals surface area contributed by atoms with Crippen molar-refractivity contribution < 1.29 is 4.79 Å². The molecule has 1 nitrogen and oxygen atoms in total. The fraction of sp³-hybridized carbons (Fsp3) is 0.417. The van der Waals surface area contributed by atoms with E-state index >= 15 is 0 Å². The maximum atomic E-state index is 10.7. The lowest BCUT2D eigenvalue weighted by atomic mass is 9.98. The van der Waals surface area contributed by atoms with Gasteiger partial charge in [0, 0.05) is 5.56 Å². The average Bonchev–Trinajstić information content (AvgIpc) is 2.46. The Morgan fingerprint density at radius 3 is 2.92 bits per heavy atom. The van der Waals surface area contributed by atoms with E-state index in [0.717, 1.165) is 17.4 Å². The molecule has 0 saturated heterocycles. The number of hydrogen-bond donors (Lipinski definition) is 0. The number of aldehydes is 1. The second-order valence-electron chi connectivity index (χ2n) is 3.97. The number of carbonyl (C=O) groups is 1. The van der Waals surface area contributed by atoms with E-state index in [4.69, 9.17) is 0 Å². The normalized spacial score (nSPS) is 20.0. The first-order valence-corrected chi connectivity index (χ1v) is 4.81. The molecule has 0 N–H and O–H groups in total. The first-order chi connectivity index (χ1) is 6.22. The van der Waals surface area contributed by atoms with Crippen LogP contribution < -0.4 is 0 Å². The van der Waals surface area contributed by atoms with Gasteiger partial charge in [-0.25, -0.2) is 0 Å². The molecule has 0 aliphatic heterocycles. The first-order valence-electron chi connectivity index (χ1n) is 4.81. The zero-order valence-electron chi connectivity index (χ0n) is 8.13. The summed E-state index contributed by atoms with van der Waals surface area (Å²) in [7, 11) is 0. The molecular formula is C12H14O. The molecule has 0 aromatic heterocycles. The lowest BCUT2D eigenvalue weighted by Crippen LogP contribution is -1.93. The van der Waals surface area contributed by atoms with Crippen LogP contribution in [0.15, 0.2) is 12.1 Å². The van der Waals surface area contributed by atoms with Crippen molar-refractivity contribution in [3.05, 3.63) is 34.4 Å². The van der Waals surface area contributed by atoms with Gasteiger partial charge in [-0.2, -0.15) is 0 Å². The molecule has 0 radical (unpaired) electrons. The van der Waals surface area contributed by atoms with Gasteiger partial charge < -0.3 is 0 Å². The topological polar surface area (TPSA) is 17.1 Å². The molecule has 0 fully saturated rings. The van der Waals surface area contributed by atoms with Crippen molar-refractivity contribution in [1.82, 2.24) is 0 Å². The van der Waals surface area contributed by atoms with Crippen molar-refractivity contribution in [3.63, 3.8) is 0 Å². The number of hydrogen-bond acceptors (Lipinski definition) is 1. The summed E-state index contributed by atoms with van der Waals surface area (Å²) < 4.78 is 0. The Hall–Kier alpha value is -1.11. The Morgan fingerprint density at radius 1 is 1.46 bits per heavy atom. The van der Waals surface area contributed by atoms with Crippen molar-refractivity contribution in [3.8, 4) is 0 Å². The molecule has 1 aliphatic rings. The minimum absolute atomic E-state index is 0.634. The van der Waals surface area contributed by atoms with E-state index in [1.165, 1.54) is 24.0 Å². The average molecular weight is 174 g/mol. The smallest absolute Gasteiger partial charge is 0.150 e. The predicted molar refractivity (Wildman–Crippen MR) is 53.3 cm³/mol. The highest BCUT2D eigenvalue weighted by atomic mass is 16.1. The molecule has 0 bridgehead atoms. The Bertz CT molecular complexity index is 352. The Labute approximate surface area is 78.8 Å². The van der Waals surface area contributed by atoms with E-state index in [1.807, 2.05) is 6.92 Å². The van der Waals surface area contributed by atoms with Crippen LogP contribution in [0.2, 0.25) is 0 Å². The van der Waals surface area contributed by atoms with Crippen LogP contribution >= 0.6 is 0 Å². The zero-order chi connectivity index (χ0) is 9.42. The van der Waals surface area contributed by atoms with Crippen LogP contribution in [0.5, 0.6) is 0 Å². The molecule has 0 saturated carbocycles. The summed E-state index contributed by atoms with van der Waals surface area (Å²) in [5.41, 5.74) is 4.79. The molecular weight excluding hydrogens is 160 g/mol. The predicted octanol–water partition coefficient (Wildman–Crippen LogP) is 2.86. The summed E-state index contributed by atoms with van der Waals surface area (Å²) in [6.45, 7) is 4.24. The third kappa shape index (κ3) is 1.28. The molecule has 0 spiro atoms. The van der Waals surface area contributed by atoms with Crippen LogP contribution in [0.4, 0.5) is 0 Å². The number of benzene rings is 1. The fourth-order valence-corrected chi connectivity index (χ4v) is 2.13. The zero-order valence-corrected chi connectivity index (χ0v) is 8.13. The Morgan fingerprint density at radius 2 is 2.23 bits per heavy atom. The third-order valence-electron chi connectivity index (χ3n) is 3.03. The second kappa shape index (κ2) is 2.99. The van der Waals surface area contributed by atoms with Crippen molar-refractivity contribution in [2.24, 2.45) is 0 Å². The maximum absolute atomic E-state index is 10.7. The van der Waals surface area contributed by atoms with Gasteiger partial charge >= 0.3 is 0 Å². The van der Waals surface area contributed by atoms with Gasteiger partial charge in [-0.3, -0.25) is 4.79 Å². The highest BCUT2D eigenvalue weighted by Gasteiger charge is 2.19. The van der Waals surface area contributed by atoms with Crippen molar-refractivity contribution >= 4 is 6.29 Å². The van der Waals surface area contributed by atoms with Gasteiger partial charge in [0.25, 0.3) is 0 Å². The van der Waals surface area contributed by atoms with Crippen LogP contribution in [0.3, 0.4) is 0 Å². The van der Waals surface area contributed by atoms with Crippen LogP contribution in [-0.4, -0.2) is 6.29 Å². The summed E-state index contributed by atoms with van der Waals surface area (Å²) in [5.74, 6) is 0.634.